The smallest absolute Gasteiger partial charge is 0.123 e. The predicted molar refractivity (Wildman–Crippen MR) is 90.5 cm³/mol. The van der Waals surface area contributed by atoms with E-state index in [1.54, 1.807) is 12.1 Å². The van der Waals surface area contributed by atoms with Gasteiger partial charge in [0.1, 0.15) is 5.82 Å². The first-order valence-electron chi connectivity index (χ1n) is 7.43. The summed E-state index contributed by atoms with van der Waals surface area (Å²) in [5.41, 5.74) is 3.30. The molecule has 1 aliphatic heterocycles. The number of halogens is 1. The average Bonchev–Trinajstić information content (AvgIpc) is 2.57. The lowest BCUT2D eigenvalue weighted by Gasteiger charge is -2.29. The highest BCUT2D eigenvalue weighted by molar-refractivity contribution is 7.80. The van der Waals surface area contributed by atoms with Crippen molar-refractivity contribution < 1.29 is 9.13 Å². The zero-order valence-corrected chi connectivity index (χ0v) is 13.1. The Bertz CT molecular complexity index is 633. The molecule has 2 aromatic carbocycles. The van der Waals surface area contributed by atoms with Gasteiger partial charge in [0.15, 0.2) is 0 Å². The van der Waals surface area contributed by atoms with E-state index >= 15 is 0 Å². The number of nitrogens with zero attached hydrogens (tertiary/aromatic N) is 1. The van der Waals surface area contributed by atoms with E-state index in [1.807, 2.05) is 0 Å². The maximum atomic E-state index is 13.0. The zero-order chi connectivity index (χ0) is 15.4. The van der Waals surface area contributed by atoms with Crippen LogP contribution in [0.1, 0.15) is 5.56 Å². The molecule has 1 heterocycles. The van der Waals surface area contributed by atoms with Gasteiger partial charge in [-0.15, -0.1) is 0 Å². The molecular formula is C18H18FNOS. The number of ether oxygens (including phenoxy) is 1. The number of morpholine rings is 1. The van der Waals surface area contributed by atoms with Gasteiger partial charge in [-0.3, -0.25) is 0 Å². The third-order valence-electron chi connectivity index (χ3n) is 3.85. The molecule has 3 rings (SSSR count). The lowest BCUT2D eigenvalue weighted by molar-refractivity contribution is 0.0685. The van der Waals surface area contributed by atoms with Crippen LogP contribution in [0.4, 0.5) is 4.39 Å². The Hall–Kier alpha value is -1.78. The van der Waals surface area contributed by atoms with Crippen LogP contribution in [0.3, 0.4) is 0 Å². The second-order valence-electron chi connectivity index (χ2n) is 5.37. The molecule has 0 saturated carbocycles. The summed E-state index contributed by atoms with van der Waals surface area (Å²) in [7, 11) is 0. The molecule has 2 aromatic rings. The molecule has 1 fully saturated rings. The van der Waals surface area contributed by atoms with E-state index in [-0.39, 0.29) is 5.82 Å². The zero-order valence-electron chi connectivity index (χ0n) is 12.3. The largest absolute Gasteiger partial charge is 0.378 e. The summed E-state index contributed by atoms with van der Waals surface area (Å²) in [5.74, 6) is -0.212. The van der Waals surface area contributed by atoms with Crippen molar-refractivity contribution >= 4 is 17.2 Å². The summed E-state index contributed by atoms with van der Waals surface area (Å²) in [4.78, 5) is 3.19. The number of benzene rings is 2. The van der Waals surface area contributed by atoms with Crippen molar-refractivity contribution in [2.24, 2.45) is 0 Å². The molecule has 0 atom stereocenters. The van der Waals surface area contributed by atoms with E-state index < -0.39 is 0 Å². The SMILES string of the molecule is Fc1ccc(-c2ccc(CC(=S)N3CCOCC3)cc2)cc1. The molecule has 114 valence electrons. The number of rotatable bonds is 3. The number of hydrogen-bond donors (Lipinski definition) is 0. The minimum atomic E-state index is -0.212. The second-order valence-corrected chi connectivity index (χ2v) is 5.85. The molecule has 0 bridgehead atoms. The van der Waals surface area contributed by atoms with Crippen LogP contribution in [0.2, 0.25) is 0 Å². The Balaban J connectivity index is 1.66. The maximum absolute atomic E-state index is 13.0. The standard InChI is InChI=1S/C18H18FNOS/c19-17-7-5-16(6-8-17)15-3-1-14(2-4-15)13-18(22)20-9-11-21-12-10-20/h1-8H,9-13H2. The molecule has 0 amide bonds. The fraction of sp³-hybridized carbons (Fsp3) is 0.278. The van der Waals surface area contributed by atoms with Crippen LogP contribution in [-0.4, -0.2) is 36.2 Å². The molecule has 0 radical (unpaired) electrons. The third-order valence-corrected chi connectivity index (χ3v) is 4.25. The highest BCUT2D eigenvalue weighted by atomic mass is 32.1. The van der Waals surface area contributed by atoms with Crippen LogP contribution in [-0.2, 0) is 11.2 Å². The summed E-state index contributed by atoms with van der Waals surface area (Å²) in [5, 5.41) is 0. The molecule has 0 spiro atoms. The Morgan fingerprint density at radius 1 is 0.955 bits per heavy atom. The van der Waals surface area contributed by atoms with E-state index in [0.717, 1.165) is 48.8 Å². The summed E-state index contributed by atoms with van der Waals surface area (Å²) < 4.78 is 18.3. The number of hydrogen-bond acceptors (Lipinski definition) is 2. The fourth-order valence-electron chi connectivity index (χ4n) is 2.56. The second kappa shape index (κ2) is 6.99. The van der Waals surface area contributed by atoms with E-state index in [1.165, 1.54) is 17.7 Å². The van der Waals surface area contributed by atoms with Gasteiger partial charge >= 0.3 is 0 Å². The van der Waals surface area contributed by atoms with Crippen molar-refractivity contribution in [3.05, 3.63) is 59.9 Å². The van der Waals surface area contributed by atoms with E-state index in [9.17, 15) is 4.39 Å². The van der Waals surface area contributed by atoms with Gasteiger partial charge in [0.2, 0.25) is 0 Å². The lowest BCUT2D eigenvalue weighted by Crippen LogP contribution is -2.40. The van der Waals surface area contributed by atoms with Gasteiger partial charge in [0, 0.05) is 19.5 Å². The molecular weight excluding hydrogens is 297 g/mol. The molecule has 2 nitrogen and oxygen atoms in total. The van der Waals surface area contributed by atoms with Crippen LogP contribution in [0.15, 0.2) is 48.5 Å². The Kier molecular flexibility index (Phi) is 4.80. The molecule has 22 heavy (non-hydrogen) atoms. The summed E-state index contributed by atoms with van der Waals surface area (Å²) in [6, 6.07) is 14.9. The fourth-order valence-corrected chi connectivity index (χ4v) is 2.91. The molecule has 0 aromatic heterocycles. The van der Waals surface area contributed by atoms with Crippen molar-refractivity contribution in [3.63, 3.8) is 0 Å². The Morgan fingerprint density at radius 2 is 1.50 bits per heavy atom. The van der Waals surface area contributed by atoms with Crippen LogP contribution in [0, 0.1) is 5.82 Å². The Labute approximate surface area is 135 Å². The predicted octanol–water partition coefficient (Wildman–Crippen LogP) is 3.69. The van der Waals surface area contributed by atoms with Crippen LogP contribution >= 0.6 is 12.2 Å². The Morgan fingerprint density at radius 3 is 2.09 bits per heavy atom. The quantitative estimate of drug-likeness (QED) is 0.802. The molecule has 0 aliphatic carbocycles. The summed E-state index contributed by atoms with van der Waals surface area (Å²) in [6.45, 7) is 3.27. The van der Waals surface area contributed by atoms with E-state index in [0.29, 0.717) is 0 Å². The first-order valence-corrected chi connectivity index (χ1v) is 7.83. The van der Waals surface area contributed by atoms with Gasteiger partial charge in [-0.2, -0.15) is 0 Å². The van der Waals surface area contributed by atoms with Gasteiger partial charge in [-0.05, 0) is 28.8 Å². The lowest BCUT2D eigenvalue weighted by atomic mass is 10.0. The van der Waals surface area contributed by atoms with Crippen LogP contribution in [0.5, 0.6) is 0 Å². The summed E-state index contributed by atoms with van der Waals surface area (Å²) >= 11 is 5.53. The highest BCUT2D eigenvalue weighted by Gasteiger charge is 2.13. The van der Waals surface area contributed by atoms with Crippen molar-refractivity contribution in [3.8, 4) is 11.1 Å². The minimum Gasteiger partial charge on any atom is -0.378 e. The first kappa shape index (κ1) is 15.1. The van der Waals surface area contributed by atoms with Gasteiger partial charge in [0.25, 0.3) is 0 Å². The first-order chi connectivity index (χ1) is 10.7. The van der Waals surface area contributed by atoms with Crippen LogP contribution in [0.25, 0.3) is 11.1 Å². The molecule has 1 aliphatic rings. The normalized spacial score (nSPS) is 14.9. The summed E-state index contributed by atoms with van der Waals surface area (Å²) in [6.07, 6.45) is 0.777. The van der Waals surface area contributed by atoms with Crippen molar-refractivity contribution in [2.45, 2.75) is 6.42 Å². The van der Waals surface area contributed by atoms with Crippen molar-refractivity contribution in [1.82, 2.24) is 4.90 Å². The molecule has 0 unspecified atom stereocenters. The third kappa shape index (κ3) is 3.70. The molecule has 4 heteroatoms. The van der Waals surface area contributed by atoms with Gasteiger partial charge in [-0.25, -0.2) is 4.39 Å². The van der Waals surface area contributed by atoms with Crippen molar-refractivity contribution in [1.29, 1.82) is 0 Å². The molecule has 0 N–H and O–H groups in total. The highest BCUT2D eigenvalue weighted by Crippen LogP contribution is 2.20. The number of thiocarbonyl (C=S) groups is 1. The molecule has 1 saturated heterocycles. The average molecular weight is 315 g/mol. The van der Waals surface area contributed by atoms with E-state index in [2.05, 4.69) is 29.2 Å². The van der Waals surface area contributed by atoms with Gasteiger partial charge < -0.3 is 9.64 Å². The topological polar surface area (TPSA) is 12.5 Å². The van der Waals surface area contributed by atoms with Crippen molar-refractivity contribution in [2.75, 3.05) is 26.3 Å². The minimum absolute atomic E-state index is 0.212. The van der Waals surface area contributed by atoms with Gasteiger partial charge in [0.05, 0.1) is 18.2 Å². The monoisotopic (exact) mass is 315 g/mol. The van der Waals surface area contributed by atoms with Gasteiger partial charge in [-0.1, -0.05) is 48.6 Å². The van der Waals surface area contributed by atoms with E-state index in [4.69, 9.17) is 17.0 Å². The maximum Gasteiger partial charge on any atom is 0.123 e. The van der Waals surface area contributed by atoms with Crippen LogP contribution < -0.4 is 0 Å².